The Bertz CT molecular complexity index is 3380. The lowest BCUT2D eigenvalue weighted by molar-refractivity contribution is -0.122. The summed E-state index contributed by atoms with van der Waals surface area (Å²) in [4.78, 5) is 104. The van der Waals surface area contributed by atoms with Crippen LogP contribution in [0.25, 0.3) is 43.4 Å². The molecular weight excluding hydrogens is 1080 g/mol. The number of methoxy groups -OCH3 is 2. The zero-order valence-electron chi connectivity index (χ0n) is 41.3. The Morgan fingerprint density at radius 1 is 0.680 bits per heavy atom. The van der Waals surface area contributed by atoms with Gasteiger partial charge >= 0.3 is 0 Å². The van der Waals surface area contributed by atoms with Crippen LogP contribution in [-0.2, 0) is 25.7 Å². The van der Waals surface area contributed by atoms with Crippen LogP contribution in [0.5, 0.6) is 0 Å². The van der Waals surface area contributed by atoms with Gasteiger partial charge in [-0.1, -0.05) is 44.2 Å². The van der Waals surface area contributed by atoms with Crippen molar-refractivity contribution < 1.29 is 33.4 Å². The topological polar surface area (TPSA) is 266 Å². The first-order valence-electron chi connectivity index (χ1n) is 23.2. The van der Waals surface area contributed by atoms with E-state index in [-0.39, 0.29) is 41.9 Å². The normalized spacial score (nSPS) is 16.9. The minimum atomic E-state index is -0.936. The number of aromatic nitrogens is 7. The van der Waals surface area contributed by atoms with E-state index < -0.39 is 54.4 Å². The first-order chi connectivity index (χ1) is 36.2. The van der Waals surface area contributed by atoms with Gasteiger partial charge in [0.25, 0.3) is 17.7 Å². The van der Waals surface area contributed by atoms with Crippen molar-refractivity contribution in [1.29, 1.82) is 0 Å². The van der Waals surface area contributed by atoms with Crippen LogP contribution in [-0.4, -0.2) is 99.3 Å². The quantitative estimate of drug-likeness (QED) is 0.0757. The Morgan fingerprint density at radius 3 is 2.13 bits per heavy atom. The summed E-state index contributed by atoms with van der Waals surface area (Å²) in [7, 11) is 6.33. The molecule has 1 aliphatic heterocycles. The number of hydrogen-bond donors (Lipinski definition) is 6. The molecule has 7 aromatic heterocycles. The Labute approximate surface area is 454 Å². The van der Waals surface area contributed by atoms with Gasteiger partial charge in [-0.3, -0.25) is 24.0 Å². The van der Waals surface area contributed by atoms with Gasteiger partial charge in [0.05, 0.1) is 42.2 Å². The van der Waals surface area contributed by atoms with Crippen LogP contribution in [0.15, 0.2) is 64.0 Å². The van der Waals surface area contributed by atoms with Gasteiger partial charge in [-0.2, -0.15) is 0 Å². The number of pyridine rings is 1. The van der Waals surface area contributed by atoms with Crippen molar-refractivity contribution in [1.82, 2.24) is 61.5 Å². The molecule has 8 aromatic rings. The molecule has 388 valence electrons. The molecule has 5 amide bonds. The molecule has 0 aliphatic carbocycles. The number of benzene rings is 1. The van der Waals surface area contributed by atoms with Gasteiger partial charge < -0.3 is 41.4 Å². The smallest absolute Gasteiger partial charge is 0.271 e. The fourth-order valence-electron chi connectivity index (χ4n) is 7.95. The van der Waals surface area contributed by atoms with Crippen molar-refractivity contribution in [2.24, 2.45) is 5.92 Å². The van der Waals surface area contributed by atoms with Crippen molar-refractivity contribution in [2.75, 3.05) is 40.2 Å². The number of carbonyl (C=O) groups excluding carboxylic acids is 5. The summed E-state index contributed by atoms with van der Waals surface area (Å²) in [6.45, 7) is 5.16. The third-order valence-corrected chi connectivity index (χ3v) is 17.5. The average Bonchev–Trinajstić information content (AvgIpc) is 4.29. The van der Waals surface area contributed by atoms with E-state index in [1.807, 2.05) is 72.5 Å². The largest absolute Gasteiger partial charge is 0.379 e. The second kappa shape index (κ2) is 23.4. The Morgan fingerprint density at radius 2 is 1.40 bits per heavy atom. The van der Waals surface area contributed by atoms with E-state index in [1.165, 1.54) is 82.2 Å². The lowest BCUT2D eigenvalue weighted by atomic mass is 10.0. The molecule has 4 unspecified atom stereocenters. The maximum absolute atomic E-state index is 14.2. The maximum Gasteiger partial charge on any atom is 0.271 e. The van der Waals surface area contributed by atoms with Crippen molar-refractivity contribution in [3.05, 3.63) is 111 Å². The number of rotatable bonds is 10. The minimum absolute atomic E-state index is 0.0383. The molecule has 0 saturated carbocycles. The van der Waals surface area contributed by atoms with Crippen molar-refractivity contribution in [2.45, 2.75) is 58.0 Å². The maximum atomic E-state index is 14.2. The number of hydrogen-bond acceptors (Lipinski definition) is 21. The molecule has 4 atom stereocenters. The lowest BCUT2D eigenvalue weighted by Crippen LogP contribution is -2.41. The predicted octanol–water partition coefficient (Wildman–Crippen LogP) is 8.01. The van der Waals surface area contributed by atoms with Crippen LogP contribution in [0.1, 0.15) is 106 Å². The second-order valence-corrected chi connectivity index (χ2v) is 22.9. The minimum Gasteiger partial charge on any atom is -0.379 e. The fraction of sp³-hybridized carbons (Fsp3) is 0.306. The molecule has 0 radical (unpaired) electrons. The summed E-state index contributed by atoms with van der Waals surface area (Å²) in [5, 5.41) is 27.8. The highest BCUT2D eigenvalue weighted by molar-refractivity contribution is 7.15. The molecule has 0 saturated heterocycles. The Kier molecular flexibility index (Phi) is 16.6. The van der Waals surface area contributed by atoms with Crippen LogP contribution in [0.2, 0.25) is 0 Å². The van der Waals surface area contributed by atoms with Gasteiger partial charge in [0, 0.05) is 60.3 Å². The first kappa shape index (κ1) is 53.1. The van der Waals surface area contributed by atoms with Gasteiger partial charge in [0.2, 0.25) is 11.8 Å². The monoisotopic (exact) mass is 1120 g/mol. The number of anilines is 1. The van der Waals surface area contributed by atoms with Crippen LogP contribution < -0.4 is 31.9 Å². The van der Waals surface area contributed by atoms with Gasteiger partial charge in [-0.05, 0) is 30.5 Å². The molecule has 1 aromatic carbocycles. The molecular formula is C49H49N13O7S6. The third kappa shape index (κ3) is 11.7. The fourth-order valence-corrected chi connectivity index (χ4v) is 13.5. The Balaban J connectivity index is 1.14. The molecule has 75 heavy (non-hydrogen) atoms. The highest BCUT2D eigenvalue weighted by Gasteiger charge is 2.33. The molecule has 0 fully saturated rings. The van der Waals surface area contributed by atoms with E-state index >= 15 is 0 Å². The standard InChI is InChI=1S/C49H49N13O7S6/c1-22(2)35-49-62-38(31(75-49)17-68-6)42(66)52-16-34(64)59-39(40(69-7)24-11-9-8-10-12-24)48-57-30(20-72-48)46-55-28(18-71-46)37-25(13-14-26(53-37)45-58-32(50-4)21-73-45)44-56-29(19-70-44)41(65)54-27(15-33(63)51-5)47-61-36(23(3)74-47)43(67)60-35/h8-14,18-22,27,35,39-40,50H,15-17H2,1-7H3,(H,51,63)(H,52,66)(H,54,65)(H,59,64)(H,60,67). The van der Waals surface area contributed by atoms with Crippen LogP contribution in [0.4, 0.5) is 5.82 Å². The third-order valence-electron chi connectivity index (χ3n) is 11.7. The molecule has 10 bridgehead atoms. The number of fused-ring (bicyclic) bond motifs is 14. The number of thiazole rings is 6. The SMILES string of the molecule is CNC(=O)CC1NC(=O)c2csc(n2)-c2ccc(-c3nc(NC)cs3)nc2-c2csc(n2)-c2csc(n2)C(C(OC)c2ccccc2)NC(=O)CNC(=O)c2nc(sc2COC)C(C(C)C)NC(=O)c2nc1sc2C. The average molecular weight is 1120 g/mol. The van der Waals surface area contributed by atoms with Crippen LogP contribution in [0, 0.1) is 12.8 Å². The lowest BCUT2D eigenvalue weighted by Gasteiger charge is -2.26. The van der Waals surface area contributed by atoms with Crippen molar-refractivity contribution in [3.63, 3.8) is 0 Å². The molecule has 20 nitrogen and oxygen atoms in total. The van der Waals surface area contributed by atoms with E-state index in [9.17, 15) is 24.0 Å². The van der Waals surface area contributed by atoms with E-state index in [0.29, 0.717) is 74.0 Å². The van der Waals surface area contributed by atoms with E-state index in [0.717, 1.165) is 5.56 Å². The first-order valence-corrected chi connectivity index (χ1v) is 28.4. The molecule has 26 heteroatoms. The molecule has 1 aliphatic rings. The van der Waals surface area contributed by atoms with Crippen molar-refractivity contribution in [3.8, 4) is 43.4 Å². The molecule has 6 N–H and O–H groups in total. The second-order valence-electron chi connectivity index (χ2n) is 17.1. The predicted molar refractivity (Wildman–Crippen MR) is 291 cm³/mol. The summed E-state index contributed by atoms with van der Waals surface area (Å²) in [5.41, 5.74) is 3.76. The summed E-state index contributed by atoms with van der Waals surface area (Å²) >= 11 is 7.72. The van der Waals surface area contributed by atoms with E-state index in [1.54, 1.807) is 26.5 Å². The zero-order chi connectivity index (χ0) is 52.9. The Hall–Kier alpha value is -6.78. The molecule has 0 spiro atoms. The van der Waals surface area contributed by atoms with Gasteiger partial charge in [0.1, 0.15) is 82.2 Å². The summed E-state index contributed by atoms with van der Waals surface area (Å²) < 4.78 is 11.5. The summed E-state index contributed by atoms with van der Waals surface area (Å²) in [6, 6.07) is 10.7. The number of aryl methyl sites for hydroxylation is 1. The number of carbonyl (C=O) groups is 5. The van der Waals surface area contributed by atoms with Crippen LogP contribution >= 0.6 is 68.0 Å². The van der Waals surface area contributed by atoms with Gasteiger partial charge in [0.15, 0.2) is 0 Å². The highest BCUT2D eigenvalue weighted by atomic mass is 32.1. The zero-order valence-corrected chi connectivity index (χ0v) is 46.2. The summed E-state index contributed by atoms with van der Waals surface area (Å²) in [5.74, 6) is -2.11. The van der Waals surface area contributed by atoms with Gasteiger partial charge in [-0.25, -0.2) is 34.9 Å². The highest BCUT2D eigenvalue weighted by Crippen LogP contribution is 2.40. The summed E-state index contributed by atoms with van der Waals surface area (Å²) in [6.07, 6.45) is -0.862. The number of ether oxygens (including phenoxy) is 2. The van der Waals surface area contributed by atoms with Crippen molar-refractivity contribution >= 4 is 103 Å². The molecule has 8 heterocycles. The van der Waals surface area contributed by atoms with E-state index in [4.69, 9.17) is 39.4 Å². The number of amides is 5. The van der Waals surface area contributed by atoms with E-state index in [2.05, 4.69) is 36.9 Å². The van der Waals surface area contributed by atoms with Crippen LogP contribution in [0.3, 0.4) is 0 Å². The van der Waals surface area contributed by atoms with Gasteiger partial charge in [-0.15, -0.1) is 68.0 Å². The number of nitrogens with one attached hydrogen (secondary N) is 6. The molecule has 9 rings (SSSR count). The number of nitrogens with zero attached hydrogens (tertiary/aromatic N) is 7.